The molecule has 0 aromatic carbocycles. The van der Waals surface area contributed by atoms with Crippen molar-refractivity contribution in [3.63, 3.8) is 0 Å². The lowest BCUT2D eigenvalue weighted by Crippen LogP contribution is -2.35. The normalized spacial score (nSPS) is 30.9. The number of hydrogen-bond donors (Lipinski definition) is 0. The second kappa shape index (κ2) is 3.97. The largest absolute Gasteiger partial charge is 0.298 e. The van der Waals surface area contributed by atoms with E-state index in [9.17, 15) is 9.59 Å². The zero-order valence-electron chi connectivity index (χ0n) is 10.6. The van der Waals surface area contributed by atoms with E-state index in [4.69, 9.17) is 0 Å². The summed E-state index contributed by atoms with van der Waals surface area (Å²) in [5.41, 5.74) is 1.47. The highest BCUT2D eigenvalue weighted by Gasteiger charge is 2.48. The van der Waals surface area contributed by atoms with Crippen LogP contribution in [0.1, 0.15) is 42.3 Å². The molecule has 2 saturated carbocycles. The third kappa shape index (κ3) is 1.59. The van der Waals surface area contributed by atoms with Crippen LogP contribution in [-0.4, -0.2) is 21.5 Å². The van der Waals surface area contributed by atoms with Crippen LogP contribution in [0.3, 0.4) is 0 Å². The lowest BCUT2D eigenvalue weighted by Gasteiger charge is -2.25. The molecule has 2 aliphatic rings. The third-order valence-electron chi connectivity index (χ3n) is 4.21. The van der Waals surface area contributed by atoms with Crippen molar-refractivity contribution in [2.75, 3.05) is 0 Å². The van der Waals surface area contributed by atoms with Crippen molar-refractivity contribution >= 4 is 11.6 Å². The first-order valence-corrected chi connectivity index (χ1v) is 6.45. The summed E-state index contributed by atoms with van der Waals surface area (Å²) >= 11 is 0. The third-order valence-corrected chi connectivity index (χ3v) is 4.21. The van der Waals surface area contributed by atoms with Gasteiger partial charge in [0.25, 0.3) is 0 Å². The lowest BCUT2D eigenvalue weighted by atomic mass is 9.76. The molecule has 1 aromatic heterocycles. The molecular weight excluding hydrogens is 228 g/mol. The fraction of sp³-hybridized carbons (Fsp3) is 0.571. The topological polar surface area (TPSA) is 59.9 Å². The Kier molecular flexibility index (Phi) is 2.54. The molecule has 0 spiro atoms. The molecule has 0 saturated heterocycles. The minimum Gasteiger partial charge on any atom is -0.298 e. The predicted octanol–water partition coefficient (Wildman–Crippen LogP) is 1.75. The zero-order chi connectivity index (χ0) is 12.9. The molecule has 2 bridgehead atoms. The lowest BCUT2D eigenvalue weighted by molar-refractivity contribution is -0.136. The number of hydrogen-bond acceptors (Lipinski definition) is 4. The molecule has 0 aliphatic heterocycles. The van der Waals surface area contributed by atoms with Gasteiger partial charge < -0.3 is 0 Å². The Hall–Kier alpha value is -1.58. The van der Waals surface area contributed by atoms with Gasteiger partial charge >= 0.3 is 0 Å². The van der Waals surface area contributed by atoms with Crippen molar-refractivity contribution < 1.29 is 9.59 Å². The van der Waals surface area contributed by atoms with E-state index in [0.29, 0.717) is 11.5 Å². The maximum absolute atomic E-state index is 12.4. The Morgan fingerprint density at radius 2 is 1.72 bits per heavy atom. The number of aryl methyl sites for hydroxylation is 2. The first-order valence-electron chi connectivity index (χ1n) is 6.45. The highest BCUT2D eigenvalue weighted by Crippen LogP contribution is 2.43. The van der Waals surface area contributed by atoms with Crippen LogP contribution in [-0.2, 0) is 9.59 Å². The molecule has 94 valence electrons. The fourth-order valence-corrected chi connectivity index (χ4v) is 3.22. The number of ketones is 2. The summed E-state index contributed by atoms with van der Waals surface area (Å²) in [6, 6.07) is 0. The van der Waals surface area contributed by atoms with Gasteiger partial charge in [0.1, 0.15) is 11.7 Å². The van der Waals surface area contributed by atoms with Crippen molar-refractivity contribution in [2.45, 2.75) is 39.0 Å². The molecule has 18 heavy (non-hydrogen) atoms. The second-order valence-corrected chi connectivity index (χ2v) is 5.43. The average molecular weight is 244 g/mol. The molecule has 2 fully saturated rings. The highest BCUT2D eigenvalue weighted by molar-refractivity contribution is 6.11. The van der Waals surface area contributed by atoms with E-state index >= 15 is 0 Å². The van der Waals surface area contributed by atoms with Gasteiger partial charge in [0, 0.05) is 18.0 Å². The Labute approximate surface area is 106 Å². The van der Waals surface area contributed by atoms with Crippen molar-refractivity contribution in [1.29, 1.82) is 0 Å². The molecule has 0 amide bonds. The Bertz CT molecular complexity index is 517. The average Bonchev–Trinajstić information content (AvgIpc) is 2.78. The molecule has 1 heterocycles. The van der Waals surface area contributed by atoms with E-state index in [1.54, 1.807) is 13.1 Å². The maximum atomic E-state index is 12.4. The summed E-state index contributed by atoms with van der Waals surface area (Å²) in [5, 5.41) is 0. The first kappa shape index (κ1) is 11.5. The van der Waals surface area contributed by atoms with Crippen molar-refractivity contribution in [1.82, 2.24) is 9.97 Å². The molecule has 3 atom stereocenters. The molecule has 3 rings (SSSR count). The molecule has 1 unspecified atom stereocenters. The SMILES string of the molecule is Cc1ncc(C)c(C2C(=O)[C@@H]3CC[C@@H](C3)C2=O)n1. The van der Waals surface area contributed by atoms with Gasteiger partial charge in [-0.05, 0) is 38.7 Å². The number of Topliss-reactive ketones (excluding diaryl/α,β-unsaturated/α-hetero) is 2. The monoisotopic (exact) mass is 244 g/mol. The van der Waals surface area contributed by atoms with Crippen molar-refractivity contribution in [2.24, 2.45) is 11.8 Å². The van der Waals surface area contributed by atoms with Gasteiger partial charge in [-0.1, -0.05) is 0 Å². The molecule has 4 heteroatoms. The second-order valence-electron chi connectivity index (χ2n) is 5.43. The van der Waals surface area contributed by atoms with Crippen LogP contribution in [0, 0.1) is 25.7 Å². The highest BCUT2D eigenvalue weighted by atomic mass is 16.2. The van der Waals surface area contributed by atoms with E-state index in [0.717, 1.165) is 24.8 Å². The number of carbonyl (C=O) groups excluding carboxylic acids is 2. The molecule has 0 N–H and O–H groups in total. The smallest absolute Gasteiger partial charge is 0.152 e. The fourth-order valence-electron chi connectivity index (χ4n) is 3.22. The maximum Gasteiger partial charge on any atom is 0.152 e. The van der Waals surface area contributed by atoms with E-state index in [1.165, 1.54) is 0 Å². The van der Waals surface area contributed by atoms with Gasteiger partial charge in [-0.3, -0.25) is 9.59 Å². The van der Waals surface area contributed by atoms with Gasteiger partial charge in [-0.25, -0.2) is 9.97 Å². The number of nitrogens with zero attached hydrogens (tertiary/aromatic N) is 2. The molecule has 1 aromatic rings. The van der Waals surface area contributed by atoms with E-state index in [1.807, 2.05) is 6.92 Å². The van der Waals surface area contributed by atoms with Gasteiger partial charge in [-0.2, -0.15) is 0 Å². The minimum atomic E-state index is -0.627. The van der Waals surface area contributed by atoms with E-state index < -0.39 is 5.92 Å². The van der Waals surface area contributed by atoms with Crippen LogP contribution in [0.15, 0.2) is 6.20 Å². The standard InChI is InChI=1S/C14H16N2O2/c1-7-6-15-8(2)16-12(7)11-13(17)9-3-4-10(5-9)14(11)18/h6,9-11H,3-5H2,1-2H3/t9-,10+,11?. The molecule has 0 radical (unpaired) electrons. The summed E-state index contributed by atoms with van der Waals surface area (Å²) in [7, 11) is 0. The summed E-state index contributed by atoms with van der Waals surface area (Å²) < 4.78 is 0. The summed E-state index contributed by atoms with van der Waals surface area (Å²) in [6.45, 7) is 3.65. The molecular formula is C14H16N2O2. The molecule has 4 nitrogen and oxygen atoms in total. The van der Waals surface area contributed by atoms with Gasteiger partial charge in [0.05, 0.1) is 5.69 Å². The Morgan fingerprint density at radius 1 is 1.11 bits per heavy atom. The Balaban J connectivity index is 2.07. The Morgan fingerprint density at radius 3 is 2.33 bits per heavy atom. The zero-order valence-corrected chi connectivity index (χ0v) is 10.6. The van der Waals surface area contributed by atoms with E-state index in [2.05, 4.69) is 9.97 Å². The van der Waals surface area contributed by atoms with Crippen LogP contribution in [0.2, 0.25) is 0 Å². The van der Waals surface area contributed by atoms with Crippen LogP contribution < -0.4 is 0 Å². The van der Waals surface area contributed by atoms with Gasteiger partial charge in [0.15, 0.2) is 11.6 Å². The number of aromatic nitrogens is 2. The van der Waals surface area contributed by atoms with Gasteiger partial charge in [0.2, 0.25) is 0 Å². The number of fused-ring (bicyclic) bond motifs is 2. The van der Waals surface area contributed by atoms with Crippen molar-refractivity contribution in [3.8, 4) is 0 Å². The number of carbonyl (C=O) groups is 2. The predicted molar refractivity (Wildman–Crippen MR) is 65.1 cm³/mol. The van der Waals surface area contributed by atoms with Crippen LogP contribution in [0.4, 0.5) is 0 Å². The quantitative estimate of drug-likeness (QED) is 0.706. The summed E-state index contributed by atoms with van der Waals surface area (Å²) in [6.07, 6.45) is 4.20. The van der Waals surface area contributed by atoms with Crippen molar-refractivity contribution in [3.05, 3.63) is 23.3 Å². The van der Waals surface area contributed by atoms with Crippen LogP contribution in [0.25, 0.3) is 0 Å². The summed E-state index contributed by atoms with van der Waals surface area (Å²) in [4.78, 5) is 33.2. The van der Waals surface area contributed by atoms with Crippen LogP contribution >= 0.6 is 0 Å². The molecule has 2 aliphatic carbocycles. The van der Waals surface area contributed by atoms with Crippen LogP contribution in [0.5, 0.6) is 0 Å². The summed E-state index contributed by atoms with van der Waals surface area (Å²) in [5.74, 6) is 0.303. The van der Waals surface area contributed by atoms with Gasteiger partial charge in [-0.15, -0.1) is 0 Å². The number of rotatable bonds is 1. The minimum absolute atomic E-state index is 0.0763. The van der Waals surface area contributed by atoms with E-state index in [-0.39, 0.29) is 23.4 Å². The first-order chi connectivity index (χ1) is 8.58.